The van der Waals surface area contributed by atoms with Crippen molar-refractivity contribution in [2.45, 2.75) is 45.7 Å². The number of hydrogen-bond donors (Lipinski definition) is 1. The largest absolute Gasteiger partial charge is 0.382 e. The number of nitrogens with one attached hydrogen (secondary N) is 1. The topological polar surface area (TPSA) is 39.1 Å². The van der Waals surface area contributed by atoms with Gasteiger partial charge < -0.3 is 10.2 Å². The summed E-state index contributed by atoms with van der Waals surface area (Å²) in [6, 6.07) is 5.98. The highest BCUT2D eigenvalue weighted by atomic mass is 19.1. The fraction of sp³-hybridized carbons (Fsp3) is 0.562. The molecule has 0 radical (unpaired) electrons. The van der Waals surface area contributed by atoms with Crippen LogP contribution in [0, 0.1) is 24.1 Å². The van der Waals surface area contributed by atoms with Crippen LogP contribution in [0.15, 0.2) is 12.1 Å². The number of anilines is 1. The van der Waals surface area contributed by atoms with Gasteiger partial charge in [-0.3, -0.25) is 0 Å². The molecule has 1 heterocycles. The molecule has 0 saturated carbocycles. The lowest BCUT2D eigenvalue weighted by molar-refractivity contribution is 0.177. The van der Waals surface area contributed by atoms with E-state index in [0.717, 1.165) is 31.6 Å². The van der Waals surface area contributed by atoms with Crippen LogP contribution in [0.25, 0.3) is 0 Å². The maximum atomic E-state index is 13.7. The Morgan fingerprint density at radius 3 is 2.55 bits per heavy atom. The predicted molar refractivity (Wildman–Crippen MR) is 79.2 cm³/mol. The van der Waals surface area contributed by atoms with E-state index in [1.165, 1.54) is 6.07 Å². The van der Waals surface area contributed by atoms with Crippen LogP contribution in [0.5, 0.6) is 0 Å². The second kappa shape index (κ2) is 6.23. The lowest BCUT2D eigenvalue weighted by atomic mass is 10.0. The minimum Gasteiger partial charge on any atom is -0.382 e. The van der Waals surface area contributed by atoms with Crippen molar-refractivity contribution in [3.8, 4) is 6.07 Å². The summed E-state index contributed by atoms with van der Waals surface area (Å²) in [7, 11) is 0. The molecule has 4 heteroatoms. The smallest absolute Gasteiger partial charge is 0.129 e. The molecule has 0 aliphatic carbocycles. The zero-order valence-corrected chi connectivity index (χ0v) is 12.4. The van der Waals surface area contributed by atoms with Crippen molar-refractivity contribution in [1.82, 2.24) is 4.90 Å². The summed E-state index contributed by atoms with van der Waals surface area (Å²) in [4.78, 5) is 2.46. The standard InChI is InChI=1S/C16H22FN3/c1-11(2)20-6-4-14(5-7-20)19-16-9-13(10-18)8-15(17)12(16)3/h8-9,11,14,19H,4-7H2,1-3H3. The predicted octanol–water partition coefficient (Wildman–Crippen LogP) is 3.29. The summed E-state index contributed by atoms with van der Waals surface area (Å²) in [6.07, 6.45) is 2.10. The monoisotopic (exact) mass is 275 g/mol. The van der Waals surface area contributed by atoms with Gasteiger partial charge in [-0.05, 0) is 45.7 Å². The molecule has 1 aromatic rings. The van der Waals surface area contributed by atoms with Crippen LogP contribution in [0.4, 0.5) is 10.1 Å². The Morgan fingerprint density at radius 2 is 2.00 bits per heavy atom. The van der Waals surface area contributed by atoms with Crippen molar-refractivity contribution in [2.24, 2.45) is 0 Å². The molecule has 1 aromatic carbocycles. The molecular weight excluding hydrogens is 253 g/mol. The molecular formula is C16H22FN3. The minimum absolute atomic E-state index is 0.314. The van der Waals surface area contributed by atoms with Gasteiger partial charge in [0.1, 0.15) is 5.82 Å². The number of piperidine rings is 1. The van der Waals surface area contributed by atoms with Crippen LogP contribution in [0.2, 0.25) is 0 Å². The SMILES string of the molecule is Cc1c(F)cc(C#N)cc1NC1CCN(C(C)C)CC1. The summed E-state index contributed by atoms with van der Waals surface area (Å²) < 4.78 is 13.7. The highest BCUT2D eigenvalue weighted by molar-refractivity contribution is 5.56. The number of rotatable bonds is 3. The van der Waals surface area contributed by atoms with Gasteiger partial charge in [-0.15, -0.1) is 0 Å². The molecule has 3 nitrogen and oxygen atoms in total. The van der Waals surface area contributed by atoms with Gasteiger partial charge in [0, 0.05) is 36.4 Å². The van der Waals surface area contributed by atoms with Crippen LogP contribution < -0.4 is 5.32 Å². The number of hydrogen-bond acceptors (Lipinski definition) is 3. The first-order valence-electron chi connectivity index (χ1n) is 7.22. The molecule has 0 bridgehead atoms. The molecule has 1 aliphatic rings. The van der Waals surface area contributed by atoms with Gasteiger partial charge in [-0.1, -0.05) is 0 Å². The first-order valence-corrected chi connectivity index (χ1v) is 7.22. The van der Waals surface area contributed by atoms with E-state index in [1.807, 2.05) is 6.07 Å². The van der Waals surface area contributed by atoms with Crippen LogP contribution >= 0.6 is 0 Å². The van der Waals surface area contributed by atoms with Crippen LogP contribution in [-0.2, 0) is 0 Å². The normalized spacial score (nSPS) is 17.2. The van der Waals surface area contributed by atoms with Gasteiger partial charge in [0.25, 0.3) is 0 Å². The highest BCUT2D eigenvalue weighted by Crippen LogP contribution is 2.24. The summed E-state index contributed by atoms with van der Waals surface area (Å²) in [5.41, 5.74) is 1.72. The van der Waals surface area contributed by atoms with E-state index < -0.39 is 0 Å². The van der Waals surface area contributed by atoms with Gasteiger partial charge in [0.2, 0.25) is 0 Å². The fourth-order valence-electron chi connectivity index (χ4n) is 2.67. The molecule has 0 amide bonds. The van der Waals surface area contributed by atoms with Crippen molar-refractivity contribution < 1.29 is 4.39 Å². The second-order valence-electron chi connectivity index (χ2n) is 5.79. The Morgan fingerprint density at radius 1 is 1.35 bits per heavy atom. The van der Waals surface area contributed by atoms with Gasteiger partial charge in [-0.2, -0.15) is 5.26 Å². The summed E-state index contributed by atoms with van der Waals surface area (Å²) in [5.74, 6) is -0.314. The molecule has 1 aliphatic heterocycles. The molecule has 0 unspecified atom stereocenters. The minimum atomic E-state index is -0.314. The Balaban J connectivity index is 2.05. The van der Waals surface area contributed by atoms with Gasteiger partial charge >= 0.3 is 0 Å². The third-order valence-electron chi connectivity index (χ3n) is 4.09. The quantitative estimate of drug-likeness (QED) is 0.920. The molecule has 0 atom stereocenters. The number of likely N-dealkylation sites (tertiary alicyclic amines) is 1. The number of nitriles is 1. The summed E-state index contributed by atoms with van der Waals surface area (Å²) in [6.45, 7) is 8.30. The Labute approximate surface area is 120 Å². The van der Waals surface area contributed by atoms with E-state index in [1.54, 1.807) is 13.0 Å². The van der Waals surface area contributed by atoms with E-state index >= 15 is 0 Å². The number of halogens is 1. The average Bonchev–Trinajstić information content (AvgIpc) is 2.44. The molecule has 0 spiro atoms. The van der Waals surface area contributed by atoms with Crippen LogP contribution in [0.3, 0.4) is 0 Å². The fourth-order valence-corrected chi connectivity index (χ4v) is 2.67. The van der Waals surface area contributed by atoms with E-state index in [4.69, 9.17) is 5.26 Å². The van der Waals surface area contributed by atoms with Crippen molar-refractivity contribution in [3.63, 3.8) is 0 Å². The molecule has 1 fully saturated rings. The molecule has 0 aromatic heterocycles. The summed E-state index contributed by atoms with van der Waals surface area (Å²) in [5, 5.41) is 12.3. The number of nitrogens with zero attached hydrogens (tertiary/aromatic N) is 2. The maximum Gasteiger partial charge on any atom is 0.129 e. The third kappa shape index (κ3) is 3.29. The Kier molecular flexibility index (Phi) is 4.61. The lowest BCUT2D eigenvalue weighted by Crippen LogP contribution is -2.42. The van der Waals surface area contributed by atoms with Crippen LogP contribution in [0.1, 0.15) is 37.8 Å². The lowest BCUT2D eigenvalue weighted by Gasteiger charge is -2.35. The van der Waals surface area contributed by atoms with E-state index in [0.29, 0.717) is 23.2 Å². The average molecular weight is 275 g/mol. The number of benzene rings is 1. The Bertz CT molecular complexity index is 511. The molecule has 1 N–H and O–H groups in total. The first-order chi connectivity index (χ1) is 9.51. The molecule has 108 valence electrons. The molecule has 1 saturated heterocycles. The van der Waals surface area contributed by atoms with Crippen molar-refractivity contribution >= 4 is 5.69 Å². The van der Waals surface area contributed by atoms with E-state index in [2.05, 4.69) is 24.1 Å². The summed E-state index contributed by atoms with van der Waals surface area (Å²) >= 11 is 0. The molecule has 20 heavy (non-hydrogen) atoms. The highest BCUT2D eigenvalue weighted by Gasteiger charge is 2.21. The van der Waals surface area contributed by atoms with Gasteiger partial charge in [0.05, 0.1) is 11.6 Å². The van der Waals surface area contributed by atoms with Gasteiger partial charge in [-0.25, -0.2) is 4.39 Å². The third-order valence-corrected chi connectivity index (χ3v) is 4.09. The first kappa shape index (κ1) is 14.8. The zero-order valence-electron chi connectivity index (χ0n) is 12.4. The van der Waals surface area contributed by atoms with Crippen molar-refractivity contribution in [3.05, 3.63) is 29.1 Å². The van der Waals surface area contributed by atoms with Crippen LogP contribution in [-0.4, -0.2) is 30.1 Å². The molecule has 2 rings (SSSR count). The maximum absolute atomic E-state index is 13.7. The van der Waals surface area contributed by atoms with Gasteiger partial charge in [0.15, 0.2) is 0 Å². The zero-order chi connectivity index (χ0) is 14.7. The van der Waals surface area contributed by atoms with Crippen molar-refractivity contribution in [2.75, 3.05) is 18.4 Å². The van der Waals surface area contributed by atoms with E-state index in [-0.39, 0.29) is 5.82 Å². The van der Waals surface area contributed by atoms with Crippen molar-refractivity contribution in [1.29, 1.82) is 5.26 Å². The van der Waals surface area contributed by atoms with E-state index in [9.17, 15) is 4.39 Å². The Hall–Kier alpha value is -1.60. The second-order valence-corrected chi connectivity index (χ2v) is 5.79.